The van der Waals surface area contributed by atoms with Crippen molar-refractivity contribution in [3.63, 3.8) is 0 Å². The van der Waals surface area contributed by atoms with E-state index in [0.29, 0.717) is 11.1 Å². The third kappa shape index (κ3) is 2.60. The Kier molecular flexibility index (Phi) is 4.77. The minimum absolute atomic E-state index is 0.0959. The Hall–Kier alpha value is -2.94. The summed E-state index contributed by atoms with van der Waals surface area (Å²) < 4.78 is 12.4. The fourth-order valence-electron chi connectivity index (χ4n) is 5.25. The number of carboxylic acids is 1. The molecule has 1 aliphatic carbocycles. The van der Waals surface area contributed by atoms with Gasteiger partial charge in [-0.05, 0) is 29.3 Å². The fraction of sp³-hybridized carbons (Fsp3) is 0.250. The lowest BCUT2D eigenvalue weighted by atomic mass is 9.71. The summed E-state index contributed by atoms with van der Waals surface area (Å²) in [6, 6.07) is 19.2. The number of aliphatic hydroxyl groups is 2. The summed E-state index contributed by atoms with van der Waals surface area (Å²) in [5.74, 6) is -3.10. The number of fused-ring (bicyclic) bond motifs is 3. The second-order valence-corrected chi connectivity index (χ2v) is 8.93. The van der Waals surface area contributed by atoms with Gasteiger partial charge in [0.15, 0.2) is 11.2 Å². The average Bonchev–Trinajstić information content (AvgIpc) is 3.17. The Morgan fingerprint density at radius 2 is 1.78 bits per heavy atom. The third-order valence-corrected chi connectivity index (χ3v) is 7.09. The molecule has 3 N–H and O–H groups in total. The van der Waals surface area contributed by atoms with Crippen molar-refractivity contribution in [1.29, 1.82) is 0 Å². The molecule has 2 heterocycles. The number of carbonyl (C=O) groups is 1. The maximum absolute atomic E-state index is 12.4. The van der Waals surface area contributed by atoms with Gasteiger partial charge in [0.2, 0.25) is 11.8 Å². The van der Waals surface area contributed by atoms with Crippen LogP contribution in [0.15, 0.2) is 71.2 Å². The summed E-state index contributed by atoms with van der Waals surface area (Å²) >= 11 is 3.42. The Balaban J connectivity index is 1.86. The smallest absolute Gasteiger partial charge is 0.310 e. The van der Waals surface area contributed by atoms with Crippen molar-refractivity contribution in [1.82, 2.24) is 4.98 Å². The second kappa shape index (κ2) is 7.30. The van der Waals surface area contributed by atoms with Gasteiger partial charge in [-0.1, -0.05) is 58.4 Å². The molecule has 2 aliphatic rings. The molecule has 1 aromatic heterocycles. The first-order valence-corrected chi connectivity index (χ1v) is 10.8. The number of ether oxygens (including phenoxy) is 2. The molecule has 5 rings (SSSR count). The van der Waals surface area contributed by atoms with Gasteiger partial charge in [0.05, 0.1) is 18.6 Å². The van der Waals surface area contributed by atoms with Gasteiger partial charge in [-0.25, -0.2) is 0 Å². The van der Waals surface area contributed by atoms with Gasteiger partial charge in [-0.15, -0.1) is 0 Å². The van der Waals surface area contributed by atoms with Crippen molar-refractivity contribution in [2.24, 2.45) is 5.92 Å². The van der Waals surface area contributed by atoms with Crippen molar-refractivity contribution >= 4 is 21.9 Å². The molecule has 3 aromatic rings. The molecule has 8 heteroatoms. The number of benzene rings is 2. The molecule has 164 valence electrons. The Morgan fingerprint density at radius 3 is 2.41 bits per heavy atom. The number of aliphatic hydroxyl groups excluding tert-OH is 1. The van der Waals surface area contributed by atoms with E-state index in [4.69, 9.17) is 9.47 Å². The highest BCUT2D eigenvalue weighted by Gasteiger charge is 2.77. The minimum atomic E-state index is -2.07. The fourth-order valence-corrected chi connectivity index (χ4v) is 5.51. The normalized spacial score (nSPS) is 30.3. The van der Waals surface area contributed by atoms with E-state index in [1.165, 1.54) is 7.11 Å². The van der Waals surface area contributed by atoms with E-state index < -0.39 is 35.1 Å². The molecule has 1 saturated carbocycles. The van der Waals surface area contributed by atoms with Gasteiger partial charge in [0.25, 0.3) is 0 Å². The molecular formula is C24H20BrNO6. The maximum atomic E-state index is 12.4. The van der Waals surface area contributed by atoms with E-state index in [2.05, 4.69) is 20.9 Å². The number of aromatic nitrogens is 1. The first kappa shape index (κ1) is 20.9. The first-order chi connectivity index (χ1) is 15.3. The predicted molar refractivity (Wildman–Crippen MR) is 117 cm³/mol. The van der Waals surface area contributed by atoms with E-state index in [1.807, 2.05) is 6.07 Å². The average molecular weight is 498 g/mol. The van der Waals surface area contributed by atoms with E-state index in [0.717, 1.165) is 4.47 Å². The molecule has 0 spiro atoms. The van der Waals surface area contributed by atoms with Gasteiger partial charge >= 0.3 is 5.97 Å². The molecule has 2 aromatic carbocycles. The molecule has 0 saturated heterocycles. The summed E-state index contributed by atoms with van der Waals surface area (Å²) in [5, 5.41) is 33.8. The maximum Gasteiger partial charge on any atom is 0.310 e. The molecule has 0 radical (unpaired) electrons. The standard InChI is InChI=1S/C24H20BrNO6/c1-31-17-12-11-16-21(26-17)32-24(14-7-9-15(25)10-8-14)19(13-5-3-2-4-6-13)18(22(28)29)20(27)23(16,24)30/h2-12,18-20,27,30H,1H3,(H,28,29). The Labute approximate surface area is 192 Å². The highest BCUT2D eigenvalue weighted by atomic mass is 79.9. The van der Waals surface area contributed by atoms with Crippen LogP contribution in [0.5, 0.6) is 11.8 Å². The molecule has 1 aliphatic heterocycles. The predicted octanol–water partition coefficient (Wildman–Crippen LogP) is 3.19. The lowest BCUT2D eigenvalue weighted by molar-refractivity contribution is -0.159. The lowest BCUT2D eigenvalue weighted by Gasteiger charge is -2.40. The molecule has 5 unspecified atom stereocenters. The number of halogens is 1. The molecule has 0 bridgehead atoms. The van der Waals surface area contributed by atoms with Crippen LogP contribution in [-0.2, 0) is 16.0 Å². The largest absolute Gasteiger partial charge is 0.481 e. The zero-order valence-electron chi connectivity index (χ0n) is 17.0. The summed E-state index contributed by atoms with van der Waals surface area (Å²) in [6.07, 6.45) is -1.66. The third-order valence-electron chi connectivity index (χ3n) is 6.56. The topological polar surface area (TPSA) is 109 Å². The quantitative estimate of drug-likeness (QED) is 0.507. The number of carboxylic acid groups (broad SMARTS) is 1. The molecular weight excluding hydrogens is 478 g/mol. The molecule has 32 heavy (non-hydrogen) atoms. The van der Waals surface area contributed by atoms with E-state index >= 15 is 0 Å². The number of hydrogen-bond donors (Lipinski definition) is 3. The van der Waals surface area contributed by atoms with Gasteiger partial charge in [-0.2, -0.15) is 4.98 Å². The zero-order valence-corrected chi connectivity index (χ0v) is 18.6. The van der Waals surface area contributed by atoms with Crippen molar-refractivity contribution < 1.29 is 29.6 Å². The summed E-state index contributed by atoms with van der Waals surface area (Å²) in [5.41, 5.74) is -2.34. The van der Waals surface area contributed by atoms with Gasteiger partial charge in [-0.3, -0.25) is 4.79 Å². The van der Waals surface area contributed by atoms with Crippen molar-refractivity contribution in [3.05, 3.63) is 87.9 Å². The van der Waals surface area contributed by atoms with Crippen LogP contribution >= 0.6 is 15.9 Å². The van der Waals surface area contributed by atoms with Crippen LogP contribution in [0.2, 0.25) is 0 Å². The zero-order chi connectivity index (χ0) is 22.7. The van der Waals surface area contributed by atoms with Crippen molar-refractivity contribution in [3.8, 4) is 11.8 Å². The second-order valence-electron chi connectivity index (χ2n) is 8.01. The highest BCUT2D eigenvalue weighted by Crippen LogP contribution is 2.68. The number of rotatable bonds is 4. The van der Waals surface area contributed by atoms with Gasteiger partial charge in [0, 0.05) is 16.5 Å². The Morgan fingerprint density at radius 1 is 1.09 bits per heavy atom. The van der Waals surface area contributed by atoms with E-state index in [1.54, 1.807) is 60.7 Å². The number of pyridine rings is 1. The SMILES string of the molecule is COc1ccc2c(n1)OC1(c3ccc(Br)cc3)C(c3ccccc3)C(C(=O)O)C(O)C21O. The van der Waals surface area contributed by atoms with Crippen LogP contribution in [0.1, 0.15) is 22.6 Å². The van der Waals surface area contributed by atoms with Crippen LogP contribution in [0.4, 0.5) is 0 Å². The monoisotopic (exact) mass is 497 g/mol. The van der Waals surface area contributed by atoms with Crippen LogP contribution in [0.3, 0.4) is 0 Å². The van der Waals surface area contributed by atoms with Gasteiger partial charge in [0.1, 0.15) is 6.10 Å². The molecule has 1 fully saturated rings. The summed E-state index contributed by atoms with van der Waals surface area (Å²) in [4.78, 5) is 16.8. The van der Waals surface area contributed by atoms with E-state index in [9.17, 15) is 20.1 Å². The minimum Gasteiger partial charge on any atom is -0.481 e. The van der Waals surface area contributed by atoms with Crippen LogP contribution in [0, 0.1) is 5.92 Å². The summed E-state index contributed by atoms with van der Waals surface area (Å²) in [6.45, 7) is 0. The molecule has 0 amide bonds. The number of nitrogens with zero attached hydrogens (tertiary/aromatic N) is 1. The highest BCUT2D eigenvalue weighted by molar-refractivity contribution is 9.10. The lowest BCUT2D eigenvalue weighted by Crippen LogP contribution is -2.52. The van der Waals surface area contributed by atoms with Gasteiger partial charge < -0.3 is 24.8 Å². The molecule has 5 atom stereocenters. The summed E-state index contributed by atoms with van der Waals surface area (Å²) in [7, 11) is 1.46. The number of methoxy groups -OCH3 is 1. The van der Waals surface area contributed by atoms with Crippen molar-refractivity contribution in [2.75, 3.05) is 7.11 Å². The first-order valence-electron chi connectivity index (χ1n) is 10.0. The van der Waals surface area contributed by atoms with Crippen LogP contribution in [0.25, 0.3) is 0 Å². The van der Waals surface area contributed by atoms with E-state index in [-0.39, 0.29) is 17.3 Å². The van der Waals surface area contributed by atoms with Crippen LogP contribution in [-0.4, -0.2) is 39.5 Å². The molecule has 7 nitrogen and oxygen atoms in total. The van der Waals surface area contributed by atoms with Crippen molar-refractivity contribution in [2.45, 2.75) is 23.2 Å². The Bertz CT molecular complexity index is 1190. The number of aliphatic carboxylic acids is 1. The van der Waals surface area contributed by atoms with Crippen LogP contribution < -0.4 is 9.47 Å². The number of hydrogen-bond acceptors (Lipinski definition) is 6.